The number of rotatable bonds is 5. The first-order valence-corrected chi connectivity index (χ1v) is 6.92. The van der Waals surface area contributed by atoms with Crippen LogP contribution in [0.4, 0.5) is 0 Å². The minimum atomic E-state index is -0.0548. The molecule has 0 atom stereocenters. The van der Waals surface area contributed by atoms with Crippen LogP contribution in [0.2, 0.25) is 0 Å². The second-order valence-electron chi connectivity index (χ2n) is 5.48. The highest BCUT2D eigenvalue weighted by Crippen LogP contribution is 2.47. The van der Waals surface area contributed by atoms with Crippen LogP contribution in [0.5, 0.6) is 0 Å². The number of carbonyl (C=O) groups excluding carboxylic acids is 1. The van der Waals surface area contributed by atoms with E-state index < -0.39 is 0 Å². The third kappa shape index (κ3) is 2.63. The van der Waals surface area contributed by atoms with E-state index >= 15 is 0 Å². The van der Waals surface area contributed by atoms with Crippen molar-refractivity contribution in [3.05, 3.63) is 36.2 Å². The summed E-state index contributed by atoms with van der Waals surface area (Å²) in [5.41, 5.74) is 8.02. The molecule has 1 saturated carbocycles. The maximum atomic E-state index is 12.2. The van der Waals surface area contributed by atoms with Crippen molar-refractivity contribution in [2.24, 2.45) is 11.1 Å². The van der Waals surface area contributed by atoms with Gasteiger partial charge in [0.1, 0.15) is 0 Å². The number of benzene rings is 1. The summed E-state index contributed by atoms with van der Waals surface area (Å²) >= 11 is 0. The fourth-order valence-corrected chi connectivity index (χ4v) is 2.47. The molecule has 3 N–H and O–H groups in total. The van der Waals surface area contributed by atoms with E-state index in [1.54, 1.807) is 24.5 Å². The number of nitrogens with two attached hydrogens (primary N) is 1. The molecule has 3 rings (SSSR count). The molecule has 1 heterocycles. The number of aromatic nitrogens is 2. The average Bonchev–Trinajstić information content (AvgIpc) is 3.25. The van der Waals surface area contributed by atoms with Crippen molar-refractivity contribution in [2.45, 2.75) is 19.3 Å². The molecule has 1 fully saturated rings. The molecular formula is C15H18N4O. The monoisotopic (exact) mass is 270 g/mol. The van der Waals surface area contributed by atoms with Gasteiger partial charge in [-0.15, -0.1) is 0 Å². The topological polar surface area (TPSA) is 80.9 Å². The highest BCUT2D eigenvalue weighted by Gasteiger charge is 2.41. The van der Waals surface area contributed by atoms with Crippen molar-refractivity contribution in [2.75, 3.05) is 13.1 Å². The van der Waals surface area contributed by atoms with Crippen LogP contribution in [0.15, 0.2) is 30.6 Å². The van der Waals surface area contributed by atoms with E-state index in [4.69, 9.17) is 5.73 Å². The molecule has 0 saturated heterocycles. The first-order valence-electron chi connectivity index (χ1n) is 6.92. The molecule has 0 unspecified atom stereocenters. The Labute approximate surface area is 117 Å². The largest absolute Gasteiger partial charge is 0.351 e. The zero-order chi connectivity index (χ0) is 14.0. The molecule has 5 nitrogen and oxygen atoms in total. The van der Waals surface area contributed by atoms with Gasteiger partial charge in [0.05, 0.1) is 11.0 Å². The van der Waals surface area contributed by atoms with E-state index in [1.165, 1.54) is 0 Å². The van der Waals surface area contributed by atoms with Crippen LogP contribution in [0.1, 0.15) is 29.6 Å². The van der Waals surface area contributed by atoms with Crippen molar-refractivity contribution in [3.63, 3.8) is 0 Å². The summed E-state index contributed by atoms with van der Waals surface area (Å²) in [6.45, 7) is 1.39. The molecule has 1 aliphatic rings. The zero-order valence-corrected chi connectivity index (χ0v) is 11.3. The Morgan fingerprint density at radius 1 is 1.25 bits per heavy atom. The van der Waals surface area contributed by atoms with Crippen molar-refractivity contribution in [1.82, 2.24) is 15.3 Å². The summed E-state index contributed by atoms with van der Waals surface area (Å²) in [5, 5.41) is 3.01. The lowest BCUT2D eigenvalue weighted by atomic mass is 10.0. The van der Waals surface area contributed by atoms with Crippen molar-refractivity contribution in [3.8, 4) is 0 Å². The number of hydrogen-bond donors (Lipinski definition) is 2. The van der Waals surface area contributed by atoms with Gasteiger partial charge in [-0.3, -0.25) is 14.8 Å². The minimum absolute atomic E-state index is 0.0548. The Morgan fingerprint density at radius 2 is 2.00 bits per heavy atom. The van der Waals surface area contributed by atoms with E-state index in [0.717, 1.165) is 30.3 Å². The van der Waals surface area contributed by atoms with E-state index in [-0.39, 0.29) is 11.3 Å². The van der Waals surface area contributed by atoms with E-state index in [2.05, 4.69) is 15.3 Å². The molecule has 104 valence electrons. The summed E-state index contributed by atoms with van der Waals surface area (Å²) in [7, 11) is 0. The van der Waals surface area contributed by atoms with Gasteiger partial charge >= 0.3 is 0 Å². The fourth-order valence-electron chi connectivity index (χ4n) is 2.47. The van der Waals surface area contributed by atoms with Gasteiger partial charge in [0.2, 0.25) is 0 Å². The summed E-state index contributed by atoms with van der Waals surface area (Å²) in [4.78, 5) is 20.6. The number of nitrogens with zero attached hydrogens (tertiary/aromatic N) is 2. The molecule has 20 heavy (non-hydrogen) atoms. The number of fused-ring (bicyclic) bond motifs is 1. The number of nitrogens with one attached hydrogen (secondary N) is 1. The Bertz CT molecular complexity index is 637. The van der Waals surface area contributed by atoms with Crippen molar-refractivity contribution >= 4 is 16.9 Å². The Hall–Kier alpha value is -2.01. The van der Waals surface area contributed by atoms with Crippen LogP contribution in [0.3, 0.4) is 0 Å². The standard InChI is InChI=1S/C15H18N4O/c16-6-5-15(3-4-15)10-19-14(20)11-1-2-12-13(9-11)18-8-7-17-12/h1-2,7-9H,3-6,10,16H2,(H,19,20). The minimum Gasteiger partial charge on any atom is -0.351 e. The summed E-state index contributed by atoms with van der Waals surface area (Å²) in [5.74, 6) is -0.0548. The SMILES string of the molecule is NCCC1(CNC(=O)c2ccc3nccnc3c2)CC1. The lowest BCUT2D eigenvalue weighted by Gasteiger charge is -2.14. The molecule has 0 bridgehead atoms. The maximum Gasteiger partial charge on any atom is 0.251 e. The highest BCUT2D eigenvalue weighted by atomic mass is 16.1. The number of carbonyl (C=O) groups is 1. The van der Waals surface area contributed by atoms with Gasteiger partial charge in [-0.25, -0.2) is 0 Å². The second kappa shape index (κ2) is 5.17. The normalized spacial score (nSPS) is 16.1. The molecule has 1 aliphatic carbocycles. The first kappa shape index (κ1) is 13.0. The van der Waals surface area contributed by atoms with Crippen LogP contribution in [0, 0.1) is 5.41 Å². The van der Waals surface area contributed by atoms with Gasteiger partial charge in [-0.05, 0) is 49.4 Å². The van der Waals surface area contributed by atoms with E-state index in [0.29, 0.717) is 18.7 Å². The summed E-state index contributed by atoms with van der Waals surface area (Å²) < 4.78 is 0. The lowest BCUT2D eigenvalue weighted by Crippen LogP contribution is -2.31. The van der Waals surface area contributed by atoms with Gasteiger partial charge < -0.3 is 11.1 Å². The third-order valence-corrected chi connectivity index (χ3v) is 3.99. The number of amides is 1. The van der Waals surface area contributed by atoms with Crippen LogP contribution in [-0.4, -0.2) is 29.0 Å². The summed E-state index contributed by atoms with van der Waals surface area (Å²) in [6, 6.07) is 5.39. The lowest BCUT2D eigenvalue weighted by molar-refractivity contribution is 0.0944. The fraction of sp³-hybridized carbons (Fsp3) is 0.400. The smallest absolute Gasteiger partial charge is 0.251 e. The Balaban J connectivity index is 1.69. The van der Waals surface area contributed by atoms with Crippen LogP contribution >= 0.6 is 0 Å². The van der Waals surface area contributed by atoms with E-state index in [1.807, 2.05) is 6.07 Å². The highest BCUT2D eigenvalue weighted by molar-refractivity contribution is 5.97. The molecule has 0 spiro atoms. The molecule has 1 aromatic heterocycles. The molecule has 2 aromatic rings. The van der Waals surface area contributed by atoms with Crippen molar-refractivity contribution < 1.29 is 4.79 Å². The first-order chi connectivity index (χ1) is 9.72. The summed E-state index contributed by atoms with van der Waals surface area (Å²) in [6.07, 6.45) is 6.58. The molecule has 1 aromatic carbocycles. The van der Waals surface area contributed by atoms with Crippen LogP contribution in [-0.2, 0) is 0 Å². The molecular weight excluding hydrogens is 252 g/mol. The Kier molecular flexibility index (Phi) is 3.36. The zero-order valence-electron chi connectivity index (χ0n) is 11.3. The predicted molar refractivity (Wildman–Crippen MR) is 77.2 cm³/mol. The van der Waals surface area contributed by atoms with Gasteiger partial charge in [0, 0.05) is 24.5 Å². The van der Waals surface area contributed by atoms with Crippen LogP contribution in [0.25, 0.3) is 11.0 Å². The molecule has 0 radical (unpaired) electrons. The molecule has 1 amide bonds. The predicted octanol–water partition coefficient (Wildman–Crippen LogP) is 1.49. The van der Waals surface area contributed by atoms with Gasteiger partial charge in [-0.1, -0.05) is 0 Å². The Morgan fingerprint density at radius 3 is 2.70 bits per heavy atom. The van der Waals surface area contributed by atoms with Gasteiger partial charge in [0.25, 0.3) is 5.91 Å². The maximum absolute atomic E-state index is 12.2. The second-order valence-corrected chi connectivity index (χ2v) is 5.48. The van der Waals surface area contributed by atoms with E-state index in [9.17, 15) is 4.79 Å². The third-order valence-electron chi connectivity index (χ3n) is 3.99. The average molecular weight is 270 g/mol. The van der Waals surface area contributed by atoms with Crippen LogP contribution < -0.4 is 11.1 Å². The van der Waals surface area contributed by atoms with Gasteiger partial charge in [-0.2, -0.15) is 0 Å². The molecule has 0 aliphatic heterocycles. The quantitative estimate of drug-likeness (QED) is 0.862. The van der Waals surface area contributed by atoms with Crippen molar-refractivity contribution in [1.29, 1.82) is 0 Å². The van der Waals surface area contributed by atoms with Gasteiger partial charge in [0.15, 0.2) is 0 Å². The number of hydrogen-bond acceptors (Lipinski definition) is 4. The molecule has 5 heteroatoms.